The van der Waals surface area contributed by atoms with E-state index in [1.165, 1.54) is 6.92 Å². The molecule has 14 heavy (non-hydrogen) atoms. The molecular weight excluding hydrogens is 188 g/mol. The highest BCUT2D eigenvalue weighted by Crippen LogP contribution is 1.93. The molecule has 84 valence electrons. The first-order chi connectivity index (χ1) is 6.68. The maximum Gasteiger partial charge on any atom is 0.332 e. The smallest absolute Gasteiger partial charge is 0.332 e. The van der Waals surface area contributed by atoms with E-state index in [0.29, 0.717) is 32.8 Å². The van der Waals surface area contributed by atoms with Crippen molar-refractivity contribution in [2.24, 2.45) is 0 Å². The van der Waals surface area contributed by atoms with Gasteiger partial charge >= 0.3 is 5.97 Å². The predicted molar refractivity (Wildman–Crippen MR) is 50.4 cm³/mol. The molecule has 0 aliphatic heterocycles. The first-order valence-corrected chi connectivity index (χ1v) is 4.59. The minimum absolute atomic E-state index is 0.403. The van der Waals surface area contributed by atoms with Crippen LogP contribution in [0.25, 0.3) is 0 Å². The summed E-state index contributed by atoms with van der Waals surface area (Å²) in [6.45, 7) is 3.61. The molecule has 0 rings (SSSR count). The summed E-state index contributed by atoms with van der Waals surface area (Å²) in [5.41, 5.74) is 0. The van der Waals surface area contributed by atoms with Crippen LogP contribution >= 0.6 is 0 Å². The molecule has 5 nitrogen and oxygen atoms in total. The molecule has 1 N–H and O–H groups in total. The van der Waals surface area contributed by atoms with E-state index in [9.17, 15) is 4.79 Å². The van der Waals surface area contributed by atoms with Gasteiger partial charge in [-0.3, -0.25) is 0 Å². The fraction of sp³-hybridized carbons (Fsp3) is 0.889. The second-order valence-electron chi connectivity index (χ2n) is 2.81. The summed E-state index contributed by atoms with van der Waals surface area (Å²) in [5, 5.41) is 8.48. The maximum absolute atomic E-state index is 10.3. The Morgan fingerprint density at radius 3 is 2.57 bits per heavy atom. The monoisotopic (exact) mass is 206 g/mol. The van der Waals surface area contributed by atoms with Gasteiger partial charge in [-0.1, -0.05) is 0 Å². The zero-order chi connectivity index (χ0) is 10.8. The van der Waals surface area contributed by atoms with Gasteiger partial charge in [0, 0.05) is 20.3 Å². The van der Waals surface area contributed by atoms with Gasteiger partial charge in [0.05, 0.1) is 13.2 Å². The minimum Gasteiger partial charge on any atom is -0.479 e. The summed E-state index contributed by atoms with van der Waals surface area (Å²) in [4.78, 5) is 10.3. The van der Waals surface area contributed by atoms with Crippen molar-refractivity contribution in [2.75, 3.05) is 33.5 Å². The molecule has 1 unspecified atom stereocenters. The standard InChI is InChI=1S/C9H18O5/c1-8(9(10)11)14-5-3-4-13-7-6-12-2/h8H,3-7H2,1-2H3,(H,10,11). The van der Waals surface area contributed by atoms with Crippen molar-refractivity contribution in [1.29, 1.82) is 0 Å². The molecule has 0 amide bonds. The summed E-state index contributed by atoms with van der Waals surface area (Å²) in [5.74, 6) is -0.940. The average Bonchev–Trinajstić information content (AvgIpc) is 2.16. The zero-order valence-corrected chi connectivity index (χ0v) is 8.69. The molecular formula is C9H18O5. The molecule has 0 radical (unpaired) electrons. The number of rotatable bonds is 9. The van der Waals surface area contributed by atoms with Gasteiger partial charge in [0.2, 0.25) is 0 Å². The van der Waals surface area contributed by atoms with Crippen molar-refractivity contribution >= 4 is 5.97 Å². The van der Waals surface area contributed by atoms with E-state index in [4.69, 9.17) is 19.3 Å². The molecule has 0 aromatic heterocycles. The number of aliphatic carboxylic acids is 1. The van der Waals surface area contributed by atoms with Crippen LogP contribution in [0.5, 0.6) is 0 Å². The van der Waals surface area contributed by atoms with Gasteiger partial charge in [-0.2, -0.15) is 0 Å². The molecule has 0 aliphatic rings. The Labute approximate surface area is 84.0 Å². The third-order valence-electron chi connectivity index (χ3n) is 1.58. The molecule has 0 aromatic carbocycles. The Bertz CT molecular complexity index is 148. The van der Waals surface area contributed by atoms with Crippen molar-refractivity contribution < 1.29 is 24.1 Å². The SMILES string of the molecule is COCCOCCCOC(C)C(=O)O. The number of carbonyl (C=O) groups is 1. The van der Waals surface area contributed by atoms with Gasteiger partial charge in [0.1, 0.15) is 0 Å². The highest BCUT2D eigenvalue weighted by atomic mass is 16.5. The number of carboxylic acids is 1. The maximum atomic E-state index is 10.3. The van der Waals surface area contributed by atoms with Crippen LogP contribution in [-0.2, 0) is 19.0 Å². The Hall–Kier alpha value is -0.650. The lowest BCUT2D eigenvalue weighted by atomic mass is 10.4. The first kappa shape index (κ1) is 13.4. The summed E-state index contributed by atoms with van der Waals surface area (Å²) in [7, 11) is 1.61. The quantitative estimate of drug-likeness (QED) is 0.557. The number of ether oxygens (including phenoxy) is 3. The van der Waals surface area contributed by atoms with Crippen LogP contribution in [0.4, 0.5) is 0 Å². The van der Waals surface area contributed by atoms with E-state index in [2.05, 4.69) is 0 Å². The number of carboxylic acid groups (broad SMARTS) is 1. The normalized spacial score (nSPS) is 12.7. The van der Waals surface area contributed by atoms with Crippen LogP contribution in [0.2, 0.25) is 0 Å². The second-order valence-corrected chi connectivity index (χ2v) is 2.81. The molecule has 0 saturated heterocycles. The fourth-order valence-electron chi connectivity index (χ4n) is 0.737. The fourth-order valence-corrected chi connectivity index (χ4v) is 0.737. The summed E-state index contributed by atoms with van der Waals surface area (Å²) >= 11 is 0. The van der Waals surface area contributed by atoms with Gasteiger partial charge in [-0.25, -0.2) is 4.79 Å². The van der Waals surface area contributed by atoms with Crippen molar-refractivity contribution in [3.05, 3.63) is 0 Å². The van der Waals surface area contributed by atoms with Crippen LogP contribution in [-0.4, -0.2) is 50.7 Å². The van der Waals surface area contributed by atoms with E-state index in [1.54, 1.807) is 7.11 Å². The van der Waals surface area contributed by atoms with Crippen LogP contribution in [0.15, 0.2) is 0 Å². The van der Waals surface area contributed by atoms with Gasteiger partial charge in [-0.05, 0) is 13.3 Å². The van der Waals surface area contributed by atoms with Crippen LogP contribution in [0.3, 0.4) is 0 Å². The molecule has 1 atom stereocenters. The van der Waals surface area contributed by atoms with E-state index in [1.807, 2.05) is 0 Å². The number of hydrogen-bond acceptors (Lipinski definition) is 4. The Balaban J connectivity index is 3.09. The van der Waals surface area contributed by atoms with Crippen molar-refractivity contribution in [2.45, 2.75) is 19.4 Å². The molecule has 0 spiro atoms. The zero-order valence-electron chi connectivity index (χ0n) is 8.69. The lowest BCUT2D eigenvalue weighted by molar-refractivity contribution is -0.149. The Morgan fingerprint density at radius 2 is 2.00 bits per heavy atom. The van der Waals surface area contributed by atoms with Gasteiger partial charge in [0.15, 0.2) is 6.10 Å². The number of hydrogen-bond donors (Lipinski definition) is 1. The molecule has 0 heterocycles. The van der Waals surface area contributed by atoms with Crippen molar-refractivity contribution in [3.8, 4) is 0 Å². The van der Waals surface area contributed by atoms with Crippen molar-refractivity contribution in [1.82, 2.24) is 0 Å². The molecule has 0 aliphatic carbocycles. The largest absolute Gasteiger partial charge is 0.479 e. The molecule has 5 heteroatoms. The van der Waals surface area contributed by atoms with E-state index < -0.39 is 12.1 Å². The van der Waals surface area contributed by atoms with Crippen LogP contribution in [0, 0.1) is 0 Å². The molecule has 0 bridgehead atoms. The summed E-state index contributed by atoms with van der Waals surface area (Å²) in [6.07, 6.45) is -0.0459. The lowest BCUT2D eigenvalue weighted by Gasteiger charge is -2.08. The van der Waals surface area contributed by atoms with Gasteiger partial charge in [-0.15, -0.1) is 0 Å². The van der Waals surface area contributed by atoms with E-state index in [0.717, 1.165) is 0 Å². The first-order valence-electron chi connectivity index (χ1n) is 4.59. The second kappa shape index (κ2) is 8.93. The topological polar surface area (TPSA) is 65.0 Å². The summed E-state index contributed by atoms with van der Waals surface area (Å²) in [6, 6.07) is 0. The molecule has 0 fully saturated rings. The van der Waals surface area contributed by atoms with Crippen molar-refractivity contribution in [3.63, 3.8) is 0 Å². The lowest BCUT2D eigenvalue weighted by Crippen LogP contribution is -2.20. The average molecular weight is 206 g/mol. The third-order valence-corrected chi connectivity index (χ3v) is 1.58. The number of methoxy groups -OCH3 is 1. The summed E-state index contributed by atoms with van der Waals surface area (Å²) < 4.78 is 14.9. The predicted octanol–water partition coefficient (Wildman–Crippen LogP) is 0.529. The van der Waals surface area contributed by atoms with Gasteiger partial charge in [0.25, 0.3) is 0 Å². The Morgan fingerprint density at radius 1 is 1.29 bits per heavy atom. The molecule has 0 saturated carbocycles. The third kappa shape index (κ3) is 7.97. The molecule has 0 aromatic rings. The minimum atomic E-state index is -0.940. The van der Waals surface area contributed by atoms with E-state index in [-0.39, 0.29) is 0 Å². The van der Waals surface area contributed by atoms with E-state index >= 15 is 0 Å². The Kier molecular flexibility index (Phi) is 8.51. The van der Waals surface area contributed by atoms with Gasteiger partial charge < -0.3 is 19.3 Å². The van der Waals surface area contributed by atoms with Crippen LogP contribution in [0.1, 0.15) is 13.3 Å². The highest BCUT2D eigenvalue weighted by Gasteiger charge is 2.09. The van der Waals surface area contributed by atoms with Crippen LogP contribution < -0.4 is 0 Å². The highest BCUT2D eigenvalue weighted by molar-refractivity contribution is 5.71.